The van der Waals surface area contributed by atoms with Crippen molar-refractivity contribution in [1.29, 1.82) is 0 Å². The number of ketones is 1. The zero-order valence-corrected chi connectivity index (χ0v) is 13.1. The average molecular weight is 295 g/mol. The van der Waals surface area contributed by atoms with Gasteiger partial charge in [0.25, 0.3) is 0 Å². The first-order valence-electron chi connectivity index (χ1n) is 7.18. The van der Waals surface area contributed by atoms with Crippen molar-refractivity contribution in [3.05, 3.63) is 24.3 Å². The highest BCUT2D eigenvalue weighted by Gasteiger charge is 2.03. The summed E-state index contributed by atoms with van der Waals surface area (Å²) in [7, 11) is 0. The lowest BCUT2D eigenvalue weighted by Gasteiger charge is -2.04. The molecular weight excluding hydrogens is 270 g/mol. The predicted octanol–water partition coefficient (Wildman–Crippen LogP) is 2.32. The maximum absolute atomic E-state index is 11.5. The number of esters is 1. The van der Waals surface area contributed by atoms with Crippen LogP contribution in [0.5, 0.6) is 0 Å². The fourth-order valence-corrected chi connectivity index (χ4v) is 1.47. The average Bonchev–Trinajstić information content (AvgIpc) is 2.39. The van der Waals surface area contributed by atoms with Gasteiger partial charge in [-0.15, -0.1) is 0 Å². The molecule has 0 radical (unpaired) electrons. The molecule has 0 aromatic heterocycles. The molecule has 0 spiro atoms. The van der Waals surface area contributed by atoms with Gasteiger partial charge < -0.3 is 10.1 Å². The number of carbonyl (C=O) groups excluding carboxylic acids is 3. The molecule has 1 N–H and O–H groups in total. The summed E-state index contributed by atoms with van der Waals surface area (Å²) in [5.74, 6) is -0.736. The van der Waals surface area contributed by atoms with Crippen molar-refractivity contribution in [1.82, 2.24) is 5.32 Å². The van der Waals surface area contributed by atoms with E-state index in [0.717, 1.165) is 25.3 Å². The molecular formula is C16H25NO4. The van der Waals surface area contributed by atoms with E-state index in [2.05, 4.69) is 11.9 Å². The minimum atomic E-state index is -0.499. The van der Waals surface area contributed by atoms with Crippen molar-refractivity contribution in [2.45, 2.75) is 52.6 Å². The molecule has 0 saturated carbocycles. The maximum atomic E-state index is 11.5. The number of carbonyl (C=O) groups is 3. The number of amides is 1. The van der Waals surface area contributed by atoms with Gasteiger partial charge in [0.05, 0.1) is 6.10 Å². The van der Waals surface area contributed by atoms with Crippen molar-refractivity contribution >= 4 is 17.7 Å². The highest BCUT2D eigenvalue weighted by Crippen LogP contribution is 2.01. The fraction of sp³-hybridized carbons (Fsp3) is 0.562. The largest absolute Gasteiger partial charge is 0.460 e. The standard InChI is InChI=1S/C16H25NO4/c1-12(2)16(20)17-11-7-5-6-8-14(18)9-10-15(19)21-13(3)4/h9-10,13H,1,5-8,11H2,2-4H3,(H,17,20)/b10-9+. The number of unbranched alkanes of at least 4 members (excludes halogenated alkanes) is 2. The molecule has 0 heterocycles. The molecule has 5 heteroatoms. The molecule has 0 aromatic carbocycles. The first-order chi connectivity index (χ1) is 9.82. The van der Waals surface area contributed by atoms with E-state index in [1.807, 2.05) is 0 Å². The molecule has 0 fully saturated rings. The molecule has 0 aliphatic carbocycles. The molecule has 1 amide bonds. The fourth-order valence-electron chi connectivity index (χ4n) is 1.47. The van der Waals surface area contributed by atoms with E-state index in [9.17, 15) is 14.4 Å². The Kier molecular flexibility index (Phi) is 9.84. The van der Waals surface area contributed by atoms with E-state index >= 15 is 0 Å². The number of nitrogens with one attached hydrogen (secondary N) is 1. The van der Waals surface area contributed by atoms with Crippen LogP contribution in [0, 0.1) is 0 Å². The summed E-state index contributed by atoms with van der Waals surface area (Å²) in [6, 6.07) is 0. The molecule has 0 rings (SSSR count). The molecule has 21 heavy (non-hydrogen) atoms. The summed E-state index contributed by atoms with van der Waals surface area (Å²) in [5, 5.41) is 2.73. The maximum Gasteiger partial charge on any atom is 0.331 e. The Morgan fingerprint density at radius 2 is 1.81 bits per heavy atom. The van der Waals surface area contributed by atoms with Crippen LogP contribution in [-0.2, 0) is 19.1 Å². The van der Waals surface area contributed by atoms with E-state index < -0.39 is 5.97 Å². The number of allylic oxidation sites excluding steroid dienone is 1. The van der Waals surface area contributed by atoms with Gasteiger partial charge >= 0.3 is 5.97 Å². The molecule has 0 saturated heterocycles. The number of hydrogen-bond donors (Lipinski definition) is 1. The van der Waals surface area contributed by atoms with E-state index in [0.29, 0.717) is 18.5 Å². The second-order valence-electron chi connectivity index (χ2n) is 5.13. The summed E-state index contributed by atoms with van der Waals surface area (Å²) in [4.78, 5) is 33.9. The van der Waals surface area contributed by atoms with Gasteiger partial charge in [0, 0.05) is 24.6 Å². The molecule has 0 bridgehead atoms. The Morgan fingerprint density at radius 3 is 2.38 bits per heavy atom. The van der Waals surface area contributed by atoms with Gasteiger partial charge in [-0.25, -0.2) is 4.79 Å². The Morgan fingerprint density at radius 1 is 1.14 bits per heavy atom. The lowest BCUT2D eigenvalue weighted by Crippen LogP contribution is -2.24. The Balaban J connectivity index is 3.67. The molecule has 0 aromatic rings. The molecule has 118 valence electrons. The van der Waals surface area contributed by atoms with Crippen LogP contribution in [0.25, 0.3) is 0 Å². The Labute approximate surface area is 126 Å². The van der Waals surface area contributed by atoms with Gasteiger partial charge in [-0.2, -0.15) is 0 Å². The van der Waals surface area contributed by atoms with Gasteiger partial charge in [0.15, 0.2) is 5.78 Å². The van der Waals surface area contributed by atoms with Crippen LogP contribution in [0.1, 0.15) is 46.5 Å². The highest BCUT2D eigenvalue weighted by molar-refractivity contribution is 5.95. The van der Waals surface area contributed by atoms with E-state index in [1.54, 1.807) is 20.8 Å². The third-order valence-electron chi connectivity index (χ3n) is 2.53. The topological polar surface area (TPSA) is 72.5 Å². The lowest BCUT2D eigenvalue weighted by molar-refractivity contribution is -0.141. The van der Waals surface area contributed by atoms with Crippen LogP contribution in [0.4, 0.5) is 0 Å². The van der Waals surface area contributed by atoms with Crippen LogP contribution < -0.4 is 5.32 Å². The first-order valence-corrected chi connectivity index (χ1v) is 7.18. The van der Waals surface area contributed by atoms with E-state index in [-0.39, 0.29) is 17.8 Å². The first kappa shape index (κ1) is 19.1. The second kappa shape index (κ2) is 10.8. The Bertz CT molecular complexity index is 411. The van der Waals surface area contributed by atoms with E-state index in [4.69, 9.17) is 4.74 Å². The summed E-state index contributed by atoms with van der Waals surface area (Å²) in [5.41, 5.74) is 0.489. The predicted molar refractivity (Wildman–Crippen MR) is 81.7 cm³/mol. The number of hydrogen-bond acceptors (Lipinski definition) is 4. The molecule has 0 unspecified atom stereocenters. The van der Waals surface area contributed by atoms with Crippen molar-refractivity contribution in [3.63, 3.8) is 0 Å². The lowest BCUT2D eigenvalue weighted by atomic mass is 10.1. The van der Waals surface area contributed by atoms with Crippen LogP contribution in [0.15, 0.2) is 24.3 Å². The summed E-state index contributed by atoms with van der Waals surface area (Å²) >= 11 is 0. The van der Waals surface area contributed by atoms with Crippen molar-refractivity contribution in [2.75, 3.05) is 6.54 Å². The van der Waals surface area contributed by atoms with Gasteiger partial charge in [-0.05, 0) is 39.7 Å². The molecule has 5 nitrogen and oxygen atoms in total. The van der Waals surface area contributed by atoms with Crippen molar-refractivity contribution in [2.24, 2.45) is 0 Å². The van der Waals surface area contributed by atoms with Gasteiger partial charge in [-0.3, -0.25) is 9.59 Å². The summed E-state index contributed by atoms with van der Waals surface area (Å²) in [6.45, 7) is 9.28. The van der Waals surface area contributed by atoms with Crippen LogP contribution >= 0.6 is 0 Å². The molecule has 0 atom stereocenters. The quantitative estimate of drug-likeness (QED) is 0.381. The van der Waals surface area contributed by atoms with Crippen molar-refractivity contribution in [3.8, 4) is 0 Å². The highest BCUT2D eigenvalue weighted by atomic mass is 16.5. The molecule has 0 aliphatic heterocycles. The monoisotopic (exact) mass is 295 g/mol. The normalized spacial score (nSPS) is 10.7. The number of ether oxygens (including phenoxy) is 1. The van der Waals surface area contributed by atoms with Crippen molar-refractivity contribution < 1.29 is 19.1 Å². The minimum absolute atomic E-state index is 0.0957. The second-order valence-corrected chi connectivity index (χ2v) is 5.13. The third kappa shape index (κ3) is 11.6. The Hall–Kier alpha value is -1.91. The van der Waals surface area contributed by atoms with Gasteiger partial charge in [-0.1, -0.05) is 13.0 Å². The third-order valence-corrected chi connectivity index (χ3v) is 2.53. The molecule has 0 aliphatic rings. The minimum Gasteiger partial charge on any atom is -0.460 e. The van der Waals surface area contributed by atoms with Gasteiger partial charge in [0.1, 0.15) is 0 Å². The van der Waals surface area contributed by atoms with Crippen LogP contribution in [-0.4, -0.2) is 30.3 Å². The summed E-state index contributed by atoms with van der Waals surface area (Å²) < 4.78 is 4.87. The van der Waals surface area contributed by atoms with Gasteiger partial charge in [0.2, 0.25) is 5.91 Å². The smallest absolute Gasteiger partial charge is 0.331 e. The summed E-state index contributed by atoms with van der Waals surface area (Å²) in [6.07, 6.45) is 5.00. The SMILES string of the molecule is C=C(C)C(=O)NCCCCCC(=O)/C=C/C(=O)OC(C)C. The zero-order chi connectivity index (χ0) is 16.3. The number of rotatable bonds is 10. The zero-order valence-electron chi connectivity index (χ0n) is 13.1. The van der Waals surface area contributed by atoms with Crippen LogP contribution in [0.2, 0.25) is 0 Å². The van der Waals surface area contributed by atoms with Crippen LogP contribution in [0.3, 0.4) is 0 Å². The van der Waals surface area contributed by atoms with E-state index in [1.165, 1.54) is 6.08 Å².